The number of primary sulfonamides is 1. The van der Waals surface area contributed by atoms with E-state index >= 15 is 0 Å². The van der Waals surface area contributed by atoms with Gasteiger partial charge in [-0.15, -0.1) is 0 Å². The molecule has 0 aliphatic rings. The van der Waals surface area contributed by atoms with Crippen LogP contribution < -0.4 is 20.5 Å². The maximum Gasteiger partial charge on any atom is 0.238 e. The fourth-order valence-corrected chi connectivity index (χ4v) is 3.18. The monoisotopic (exact) mass is 420 g/mol. The van der Waals surface area contributed by atoms with E-state index in [0.717, 1.165) is 22.4 Å². The molecule has 0 aliphatic heterocycles. The van der Waals surface area contributed by atoms with Crippen LogP contribution >= 0.6 is 0 Å². The zero-order chi connectivity index (χ0) is 21.3. The summed E-state index contributed by atoms with van der Waals surface area (Å²) in [6.45, 7) is 3.91. The number of aryl methyl sites for hydroxylation is 1. The van der Waals surface area contributed by atoms with E-state index in [4.69, 9.17) is 14.6 Å². The van der Waals surface area contributed by atoms with E-state index in [1.165, 1.54) is 12.1 Å². The van der Waals surface area contributed by atoms with Gasteiger partial charge < -0.3 is 20.1 Å². The highest BCUT2D eigenvalue weighted by Crippen LogP contribution is 2.20. The average molecular weight is 421 g/mol. The first-order chi connectivity index (χ1) is 13.8. The zero-order valence-electron chi connectivity index (χ0n) is 16.9. The zero-order valence-corrected chi connectivity index (χ0v) is 17.8. The van der Waals surface area contributed by atoms with Gasteiger partial charge in [-0.1, -0.05) is 24.3 Å². The van der Waals surface area contributed by atoms with E-state index in [1.54, 1.807) is 20.2 Å². The van der Waals surface area contributed by atoms with Crippen LogP contribution in [0.4, 0.5) is 0 Å². The third-order valence-corrected chi connectivity index (χ3v) is 5.04. The third-order valence-electron chi connectivity index (χ3n) is 4.12. The number of methoxy groups -OCH3 is 1. The highest BCUT2D eigenvalue weighted by atomic mass is 32.2. The number of nitrogens with zero attached hydrogens (tertiary/aromatic N) is 1. The van der Waals surface area contributed by atoms with E-state index < -0.39 is 10.0 Å². The molecule has 2 aromatic rings. The fraction of sp³-hybridized carbons (Fsp3) is 0.350. The lowest BCUT2D eigenvalue weighted by Crippen LogP contribution is -2.36. The van der Waals surface area contributed by atoms with E-state index in [9.17, 15) is 8.42 Å². The lowest BCUT2D eigenvalue weighted by Gasteiger charge is -2.15. The number of hydrogen-bond acceptors (Lipinski definition) is 5. The number of ether oxygens (including phenoxy) is 2. The molecule has 4 N–H and O–H groups in total. The minimum atomic E-state index is -3.73. The standard InChI is InChI=1S/C20H28N4O4S/c1-15-7-8-17(19(11-15)28-10-9-27-3)14-24-20(22-2)23-13-16-5-4-6-18(12-16)29(21,25)26/h4-8,11-12H,9-10,13-14H2,1-3H3,(H2,21,25,26)(H2,22,23,24). The summed E-state index contributed by atoms with van der Waals surface area (Å²) < 4.78 is 33.8. The summed E-state index contributed by atoms with van der Waals surface area (Å²) in [7, 11) is -0.427. The quantitative estimate of drug-likeness (QED) is 0.322. The number of nitrogens with one attached hydrogen (secondary N) is 2. The Morgan fingerprint density at radius 2 is 1.86 bits per heavy atom. The molecule has 0 aromatic heterocycles. The molecule has 0 saturated heterocycles. The predicted octanol–water partition coefficient (Wildman–Crippen LogP) is 1.53. The van der Waals surface area contributed by atoms with E-state index in [1.807, 2.05) is 31.2 Å². The van der Waals surface area contributed by atoms with Gasteiger partial charge in [-0.3, -0.25) is 4.99 Å². The Morgan fingerprint density at radius 3 is 2.55 bits per heavy atom. The lowest BCUT2D eigenvalue weighted by molar-refractivity contribution is 0.145. The highest BCUT2D eigenvalue weighted by Gasteiger charge is 2.09. The first-order valence-electron chi connectivity index (χ1n) is 9.11. The van der Waals surface area contributed by atoms with Crippen molar-refractivity contribution in [1.29, 1.82) is 0 Å². The van der Waals surface area contributed by atoms with Crippen molar-refractivity contribution in [3.05, 3.63) is 59.2 Å². The van der Waals surface area contributed by atoms with Gasteiger partial charge in [-0.2, -0.15) is 0 Å². The molecule has 0 heterocycles. The van der Waals surface area contributed by atoms with Gasteiger partial charge in [0.25, 0.3) is 0 Å². The Morgan fingerprint density at radius 1 is 1.10 bits per heavy atom. The van der Waals surface area contributed by atoms with Gasteiger partial charge in [-0.05, 0) is 36.2 Å². The number of rotatable bonds is 9. The molecular formula is C20H28N4O4S. The first kappa shape index (κ1) is 22.7. The number of benzene rings is 2. The smallest absolute Gasteiger partial charge is 0.238 e. The van der Waals surface area contributed by atoms with Crippen molar-refractivity contribution >= 4 is 16.0 Å². The van der Waals surface area contributed by atoms with Crippen LogP contribution in [0, 0.1) is 6.92 Å². The molecular weight excluding hydrogens is 392 g/mol. The lowest BCUT2D eigenvalue weighted by atomic mass is 10.1. The maximum atomic E-state index is 11.5. The number of aliphatic imine (C=N–C) groups is 1. The van der Waals surface area contributed by atoms with Gasteiger partial charge in [0.05, 0.1) is 11.5 Å². The average Bonchev–Trinajstić information content (AvgIpc) is 2.69. The van der Waals surface area contributed by atoms with E-state index in [0.29, 0.717) is 32.3 Å². The molecule has 0 aliphatic carbocycles. The summed E-state index contributed by atoms with van der Waals surface area (Å²) in [5.74, 6) is 1.38. The molecule has 0 bridgehead atoms. The molecule has 2 aromatic carbocycles. The van der Waals surface area contributed by atoms with Crippen molar-refractivity contribution in [1.82, 2.24) is 10.6 Å². The molecule has 0 unspecified atom stereocenters. The Labute approximate surface area is 172 Å². The molecule has 9 heteroatoms. The van der Waals surface area contributed by atoms with Crippen molar-refractivity contribution < 1.29 is 17.9 Å². The number of hydrogen-bond donors (Lipinski definition) is 3. The van der Waals surface area contributed by atoms with Crippen molar-refractivity contribution in [3.8, 4) is 5.75 Å². The number of nitrogens with two attached hydrogens (primary N) is 1. The molecule has 0 atom stereocenters. The van der Waals surface area contributed by atoms with Gasteiger partial charge in [0, 0.05) is 32.8 Å². The van der Waals surface area contributed by atoms with Crippen LogP contribution in [-0.2, 0) is 27.8 Å². The van der Waals surface area contributed by atoms with Crippen molar-refractivity contribution in [3.63, 3.8) is 0 Å². The summed E-state index contributed by atoms with van der Waals surface area (Å²) in [5, 5.41) is 11.6. The third kappa shape index (κ3) is 7.37. The van der Waals surface area contributed by atoms with Crippen molar-refractivity contribution in [2.45, 2.75) is 24.9 Å². The molecule has 8 nitrogen and oxygen atoms in total. The topological polar surface area (TPSA) is 115 Å². The maximum absolute atomic E-state index is 11.5. The van der Waals surface area contributed by atoms with Crippen LogP contribution in [0.15, 0.2) is 52.4 Å². The summed E-state index contributed by atoms with van der Waals surface area (Å²) in [4.78, 5) is 4.28. The van der Waals surface area contributed by atoms with Crippen LogP contribution in [0.3, 0.4) is 0 Å². The minimum Gasteiger partial charge on any atom is -0.491 e. The van der Waals surface area contributed by atoms with Crippen molar-refractivity contribution in [2.24, 2.45) is 10.1 Å². The Bertz CT molecular complexity index is 945. The Kier molecular flexibility index (Phi) is 8.44. The second-order valence-electron chi connectivity index (χ2n) is 6.42. The molecule has 29 heavy (non-hydrogen) atoms. The van der Waals surface area contributed by atoms with Crippen LogP contribution in [-0.4, -0.2) is 41.7 Å². The van der Waals surface area contributed by atoms with Crippen molar-refractivity contribution in [2.75, 3.05) is 27.4 Å². The molecule has 2 rings (SSSR count). The van der Waals surface area contributed by atoms with E-state index in [2.05, 4.69) is 15.6 Å². The second kappa shape index (κ2) is 10.8. The summed E-state index contributed by atoms with van der Waals surface area (Å²) in [6, 6.07) is 12.5. The SMILES string of the molecule is CN=C(NCc1cccc(S(N)(=O)=O)c1)NCc1ccc(C)cc1OCCOC. The molecule has 0 fully saturated rings. The highest BCUT2D eigenvalue weighted by molar-refractivity contribution is 7.89. The van der Waals surface area contributed by atoms with Gasteiger partial charge in [0.15, 0.2) is 5.96 Å². The van der Waals surface area contributed by atoms with Gasteiger partial charge in [0.2, 0.25) is 10.0 Å². The molecule has 0 saturated carbocycles. The molecule has 158 valence electrons. The minimum absolute atomic E-state index is 0.0808. The van der Waals surface area contributed by atoms with Gasteiger partial charge >= 0.3 is 0 Å². The normalized spacial score (nSPS) is 11.9. The second-order valence-corrected chi connectivity index (χ2v) is 7.99. The largest absolute Gasteiger partial charge is 0.491 e. The van der Waals surface area contributed by atoms with Gasteiger partial charge in [-0.25, -0.2) is 13.6 Å². The van der Waals surface area contributed by atoms with Crippen LogP contribution in [0.5, 0.6) is 5.75 Å². The summed E-state index contributed by atoms with van der Waals surface area (Å²) in [5.41, 5.74) is 2.88. The Hall–Kier alpha value is -2.62. The number of guanidine groups is 1. The first-order valence-corrected chi connectivity index (χ1v) is 10.7. The fourth-order valence-electron chi connectivity index (χ4n) is 2.59. The summed E-state index contributed by atoms with van der Waals surface area (Å²) >= 11 is 0. The van der Waals surface area contributed by atoms with E-state index in [-0.39, 0.29) is 4.90 Å². The van der Waals surface area contributed by atoms with Gasteiger partial charge in [0.1, 0.15) is 12.4 Å². The molecule has 0 spiro atoms. The molecule has 0 amide bonds. The molecule has 0 radical (unpaired) electrons. The summed E-state index contributed by atoms with van der Waals surface area (Å²) in [6.07, 6.45) is 0. The van der Waals surface area contributed by atoms with Crippen LogP contribution in [0.2, 0.25) is 0 Å². The van der Waals surface area contributed by atoms with Crippen LogP contribution in [0.25, 0.3) is 0 Å². The number of sulfonamides is 1. The predicted molar refractivity (Wildman–Crippen MR) is 113 cm³/mol. The Balaban J connectivity index is 1.98. The van der Waals surface area contributed by atoms with Crippen LogP contribution in [0.1, 0.15) is 16.7 Å².